The van der Waals surface area contributed by atoms with Crippen molar-refractivity contribution in [1.82, 2.24) is 4.90 Å². The lowest BCUT2D eigenvalue weighted by Gasteiger charge is -2.26. The van der Waals surface area contributed by atoms with E-state index < -0.39 is 6.10 Å². The van der Waals surface area contributed by atoms with Crippen LogP contribution in [-0.2, 0) is 11.3 Å². The van der Waals surface area contributed by atoms with Crippen molar-refractivity contribution in [2.75, 3.05) is 33.4 Å². The van der Waals surface area contributed by atoms with Crippen LogP contribution in [0.5, 0.6) is 5.75 Å². The van der Waals surface area contributed by atoms with Crippen LogP contribution in [0.25, 0.3) is 0 Å². The Morgan fingerprint density at radius 2 is 1.91 bits per heavy atom. The molecule has 1 N–H and O–H groups in total. The second kappa shape index (κ2) is 10.2. The van der Waals surface area contributed by atoms with Gasteiger partial charge in [0.05, 0.1) is 19.8 Å². The molecule has 0 heterocycles. The van der Waals surface area contributed by atoms with Crippen molar-refractivity contribution in [2.45, 2.75) is 26.5 Å². The predicted molar refractivity (Wildman–Crippen MR) is 88.8 cm³/mol. The summed E-state index contributed by atoms with van der Waals surface area (Å²) in [6.07, 6.45) is 4.59. The molecule has 22 heavy (non-hydrogen) atoms. The van der Waals surface area contributed by atoms with Crippen molar-refractivity contribution in [2.24, 2.45) is 5.92 Å². The SMILES string of the molecule is C#CCOCC(O)CN(Cc1ccc(OC)cc1)CC(C)C. The van der Waals surface area contributed by atoms with E-state index in [0.29, 0.717) is 12.5 Å². The first-order chi connectivity index (χ1) is 10.5. The number of nitrogens with zero attached hydrogens (tertiary/aromatic N) is 1. The minimum Gasteiger partial charge on any atom is -0.497 e. The van der Waals surface area contributed by atoms with Gasteiger partial charge in [-0.25, -0.2) is 0 Å². The van der Waals surface area contributed by atoms with Crippen LogP contribution >= 0.6 is 0 Å². The Morgan fingerprint density at radius 3 is 2.45 bits per heavy atom. The third kappa shape index (κ3) is 7.46. The molecule has 0 bridgehead atoms. The molecule has 0 aliphatic carbocycles. The van der Waals surface area contributed by atoms with Crippen LogP contribution in [-0.4, -0.2) is 49.5 Å². The van der Waals surface area contributed by atoms with Crippen molar-refractivity contribution in [3.05, 3.63) is 29.8 Å². The number of hydrogen-bond donors (Lipinski definition) is 1. The van der Waals surface area contributed by atoms with Gasteiger partial charge in [0.2, 0.25) is 0 Å². The molecule has 1 atom stereocenters. The van der Waals surface area contributed by atoms with E-state index in [-0.39, 0.29) is 13.2 Å². The fourth-order valence-corrected chi connectivity index (χ4v) is 2.31. The summed E-state index contributed by atoms with van der Waals surface area (Å²) in [7, 11) is 1.66. The number of methoxy groups -OCH3 is 1. The van der Waals surface area contributed by atoms with Gasteiger partial charge in [-0.05, 0) is 23.6 Å². The molecule has 1 unspecified atom stereocenters. The fourth-order valence-electron chi connectivity index (χ4n) is 2.31. The molecule has 1 aromatic carbocycles. The largest absolute Gasteiger partial charge is 0.497 e. The molecular weight excluding hydrogens is 278 g/mol. The van der Waals surface area contributed by atoms with Gasteiger partial charge in [0, 0.05) is 19.6 Å². The van der Waals surface area contributed by atoms with Crippen molar-refractivity contribution in [3.63, 3.8) is 0 Å². The number of aliphatic hydroxyl groups excluding tert-OH is 1. The molecule has 0 radical (unpaired) electrons. The fraction of sp³-hybridized carbons (Fsp3) is 0.556. The first-order valence-corrected chi connectivity index (χ1v) is 7.59. The molecule has 4 heteroatoms. The summed E-state index contributed by atoms with van der Waals surface area (Å²) in [6, 6.07) is 8.01. The van der Waals surface area contributed by atoms with Gasteiger partial charge in [-0.3, -0.25) is 4.90 Å². The van der Waals surface area contributed by atoms with E-state index in [4.69, 9.17) is 15.9 Å². The molecule has 1 rings (SSSR count). The summed E-state index contributed by atoms with van der Waals surface area (Å²) in [4.78, 5) is 2.23. The number of hydrogen-bond acceptors (Lipinski definition) is 4. The molecule has 0 saturated carbocycles. The van der Waals surface area contributed by atoms with Gasteiger partial charge in [0.25, 0.3) is 0 Å². The van der Waals surface area contributed by atoms with Gasteiger partial charge in [-0.1, -0.05) is 31.9 Å². The molecule has 0 fully saturated rings. The summed E-state index contributed by atoms with van der Waals surface area (Å²) in [6.45, 7) is 7.10. The Kier molecular flexibility index (Phi) is 8.61. The van der Waals surface area contributed by atoms with Gasteiger partial charge < -0.3 is 14.6 Å². The van der Waals surface area contributed by atoms with Gasteiger partial charge in [-0.2, -0.15) is 0 Å². The zero-order valence-corrected chi connectivity index (χ0v) is 13.8. The van der Waals surface area contributed by atoms with Crippen LogP contribution in [0.3, 0.4) is 0 Å². The van der Waals surface area contributed by atoms with Crippen LogP contribution < -0.4 is 4.74 Å². The monoisotopic (exact) mass is 305 g/mol. The highest BCUT2D eigenvalue weighted by molar-refractivity contribution is 5.27. The summed E-state index contributed by atoms with van der Waals surface area (Å²) in [5.41, 5.74) is 1.19. The maximum Gasteiger partial charge on any atom is 0.118 e. The van der Waals surface area contributed by atoms with E-state index >= 15 is 0 Å². The minimum absolute atomic E-state index is 0.236. The zero-order chi connectivity index (χ0) is 16.4. The number of ether oxygens (including phenoxy) is 2. The first kappa shape index (κ1) is 18.5. The average Bonchev–Trinajstić information content (AvgIpc) is 2.47. The summed E-state index contributed by atoms with van der Waals surface area (Å²) >= 11 is 0. The maximum absolute atomic E-state index is 10.1. The topological polar surface area (TPSA) is 41.9 Å². The van der Waals surface area contributed by atoms with E-state index in [1.165, 1.54) is 5.56 Å². The normalized spacial score (nSPS) is 12.4. The van der Waals surface area contributed by atoms with Gasteiger partial charge in [-0.15, -0.1) is 6.42 Å². The van der Waals surface area contributed by atoms with E-state index in [2.05, 4.69) is 24.7 Å². The Labute approximate surface area is 134 Å². The Balaban J connectivity index is 2.57. The molecule has 1 aromatic rings. The molecule has 0 spiro atoms. The van der Waals surface area contributed by atoms with Crippen molar-refractivity contribution in [3.8, 4) is 18.1 Å². The van der Waals surface area contributed by atoms with Crippen LogP contribution in [0, 0.1) is 18.3 Å². The molecule has 0 aliphatic heterocycles. The molecule has 4 nitrogen and oxygen atoms in total. The third-order valence-electron chi connectivity index (χ3n) is 3.15. The Bertz CT molecular complexity index is 450. The van der Waals surface area contributed by atoms with Crippen molar-refractivity contribution >= 4 is 0 Å². The highest BCUT2D eigenvalue weighted by atomic mass is 16.5. The standard InChI is InChI=1S/C18H27NO3/c1-5-10-22-14-17(20)13-19(11-15(2)3)12-16-6-8-18(21-4)9-7-16/h1,6-9,15,17,20H,10-14H2,2-4H3. The second-order valence-corrected chi connectivity index (χ2v) is 5.81. The molecule has 0 aliphatic rings. The van der Waals surface area contributed by atoms with Gasteiger partial charge in [0.15, 0.2) is 0 Å². The van der Waals surface area contributed by atoms with Gasteiger partial charge in [0.1, 0.15) is 12.4 Å². The molecule has 0 aromatic heterocycles. The van der Waals surface area contributed by atoms with Crippen molar-refractivity contribution in [1.29, 1.82) is 0 Å². The lowest BCUT2D eigenvalue weighted by Crippen LogP contribution is -2.36. The number of benzene rings is 1. The van der Waals surface area contributed by atoms with Crippen LogP contribution in [0.4, 0.5) is 0 Å². The Morgan fingerprint density at radius 1 is 1.23 bits per heavy atom. The lowest BCUT2D eigenvalue weighted by atomic mass is 10.1. The maximum atomic E-state index is 10.1. The smallest absolute Gasteiger partial charge is 0.118 e. The number of aliphatic hydroxyl groups is 1. The predicted octanol–water partition coefficient (Wildman–Crippen LogP) is 2.16. The summed E-state index contributed by atoms with van der Waals surface area (Å²) in [5.74, 6) is 3.77. The van der Waals surface area contributed by atoms with E-state index in [9.17, 15) is 5.11 Å². The van der Waals surface area contributed by atoms with Crippen molar-refractivity contribution < 1.29 is 14.6 Å². The van der Waals surface area contributed by atoms with E-state index in [1.54, 1.807) is 7.11 Å². The van der Waals surface area contributed by atoms with Gasteiger partial charge >= 0.3 is 0 Å². The quantitative estimate of drug-likeness (QED) is 0.531. The highest BCUT2D eigenvalue weighted by Crippen LogP contribution is 2.14. The van der Waals surface area contributed by atoms with E-state index in [1.807, 2.05) is 24.3 Å². The van der Waals surface area contributed by atoms with E-state index in [0.717, 1.165) is 18.8 Å². The zero-order valence-electron chi connectivity index (χ0n) is 13.8. The molecule has 0 saturated heterocycles. The summed E-state index contributed by atoms with van der Waals surface area (Å²) < 4.78 is 10.4. The van der Waals surface area contributed by atoms with Crippen LogP contribution in [0.1, 0.15) is 19.4 Å². The lowest BCUT2D eigenvalue weighted by molar-refractivity contribution is 0.0238. The van der Waals surface area contributed by atoms with Crippen LogP contribution in [0.2, 0.25) is 0 Å². The molecular formula is C18H27NO3. The molecule has 0 amide bonds. The summed E-state index contributed by atoms with van der Waals surface area (Å²) in [5, 5.41) is 10.1. The Hall–Kier alpha value is -1.54. The number of rotatable bonds is 10. The second-order valence-electron chi connectivity index (χ2n) is 5.81. The minimum atomic E-state index is -0.537. The first-order valence-electron chi connectivity index (χ1n) is 7.59. The molecule has 122 valence electrons. The highest BCUT2D eigenvalue weighted by Gasteiger charge is 2.14. The average molecular weight is 305 g/mol. The third-order valence-corrected chi connectivity index (χ3v) is 3.15. The van der Waals surface area contributed by atoms with Crippen LogP contribution in [0.15, 0.2) is 24.3 Å². The number of terminal acetylenes is 1.